The van der Waals surface area contributed by atoms with Crippen LogP contribution in [0.4, 0.5) is 8.78 Å². The smallest absolute Gasteiger partial charge is 0.358 e. The van der Waals surface area contributed by atoms with Crippen molar-refractivity contribution >= 4 is 11.8 Å². The molecule has 0 unspecified atom stereocenters. The van der Waals surface area contributed by atoms with Crippen molar-refractivity contribution in [1.82, 2.24) is 4.57 Å². The van der Waals surface area contributed by atoms with Gasteiger partial charge in [0.2, 0.25) is 5.43 Å². The van der Waals surface area contributed by atoms with Crippen molar-refractivity contribution in [3.63, 3.8) is 0 Å². The number of ether oxygens (including phenoxy) is 2. The maximum absolute atomic E-state index is 14.0. The first-order chi connectivity index (χ1) is 16.3. The number of hydrogen-bond acceptors (Lipinski definition) is 5. The molecule has 1 aromatic heterocycles. The SMILES string of the molecule is C=CCn1cc(C(=O)CCc2ccc(F)cc2F)c(=O)c(OCc2ccccc2)c1C(=O)OC. The Bertz CT molecular complexity index is 1270. The average Bonchev–Trinajstić information content (AvgIpc) is 2.83. The van der Waals surface area contributed by atoms with Crippen LogP contribution >= 0.6 is 0 Å². The van der Waals surface area contributed by atoms with Crippen molar-refractivity contribution in [2.75, 3.05) is 7.11 Å². The number of hydrogen-bond donors (Lipinski definition) is 0. The Kier molecular flexibility index (Phi) is 8.08. The fraction of sp³-hybridized carbons (Fsp3) is 0.192. The zero-order chi connectivity index (χ0) is 24.7. The second kappa shape index (κ2) is 11.2. The van der Waals surface area contributed by atoms with Gasteiger partial charge in [-0.1, -0.05) is 42.5 Å². The molecular weight excluding hydrogens is 444 g/mol. The van der Waals surface area contributed by atoms with Gasteiger partial charge in [-0.05, 0) is 23.6 Å². The van der Waals surface area contributed by atoms with Crippen molar-refractivity contribution in [2.45, 2.75) is 26.0 Å². The number of halogens is 2. The van der Waals surface area contributed by atoms with Gasteiger partial charge in [0.15, 0.2) is 17.2 Å². The average molecular weight is 467 g/mol. The molecule has 0 saturated heterocycles. The highest BCUT2D eigenvalue weighted by Crippen LogP contribution is 2.20. The predicted octanol–water partition coefficient (Wildman–Crippen LogP) is 4.49. The van der Waals surface area contributed by atoms with Crippen LogP contribution in [-0.4, -0.2) is 23.4 Å². The summed E-state index contributed by atoms with van der Waals surface area (Å²) in [6, 6.07) is 12.1. The fourth-order valence-corrected chi connectivity index (χ4v) is 3.40. The fourth-order valence-electron chi connectivity index (χ4n) is 3.40. The minimum atomic E-state index is -0.811. The molecule has 0 saturated carbocycles. The van der Waals surface area contributed by atoms with E-state index in [1.165, 1.54) is 30.0 Å². The van der Waals surface area contributed by atoms with Gasteiger partial charge in [0.1, 0.15) is 18.2 Å². The third kappa shape index (κ3) is 5.64. The van der Waals surface area contributed by atoms with Crippen LogP contribution in [0.1, 0.15) is 38.4 Å². The Morgan fingerprint density at radius 3 is 2.50 bits per heavy atom. The van der Waals surface area contributed by atoms with Gasteiger partial charge in [-0.15, -0.1) is 6.58 Å². The number of Topliss-reactive ketones (excluding diaryl/α,β-unsaturated/α-hetero) is 1. The molecule has 0 amide bonds. The van der Waals surface area contributed by atoms with E-state index in [1.807, 2.05) is 6.07 Å². The van der Waals surface area contributed by atoms with Crippen LogP contribution < -0.4 is 10.2 Å². The topological polar surface area (TPSA) is 74.6 Å². The van der Waals surface area contributed by atoms with Crippen LogP contribution in [0.2, 0.25) is 0 Å². The number of methoxy groups -OCH3 is 1. The number of carbonyl (C=O) groups is 2. The molecule has 0 spiro atoms. The van der Waals surface area contributed by atoms with Crippen LogP contribution in [0, 0.1) is 11.6 Å². The summed E-state index contributed by atoms with van der Waals surface area (Å²) < 4.78 is 39.0. The van der Waals surface area contributed by atoms with Gasteiger partial charge >= 0.3 is 5.97 Å². The normalized spacial score (nSPS) is 10.6. The van der Waals surface area contributed by atoms with Gasteiger partial charge in [-0.3, -0.25) is 9.59 Å². The quantitative estimate of drug-likeness (QED) is 0.250. The van der Waals surface area contributed by atoms with Crippen molar-refractivity contribution in [2.24, 2.45) is 0 Å². The molecule has 2 aromatic carbocycles. The highest BCUT2D eigenvalue weighted by molar-refractivity contribution is 5.98. The summed E-state index contributed by atoms with van der Waals surface area (Å²) in [5.74, 6) is -3.21. The Balaban J connectivity index is 1.99. The van der Waals surface area contributed by atoms with Crippen molar-refractivity contribution in [3.05, 3.63) is 112 Å². The lowest BCUT2D eigenvalue weighted by Crippen LogP contribution is -2.26. The van der Waals surface area contributed by atoms with Crippen LogP contribution in [0.3, 0.4) is 0 Å². The van der Waals surface area contributed by atoms with Gasteiger partial charge in [-0.2, -0.15) is 0 Å². The monoisotopic (exact) mass is 467 g/mol. The van der Waals surface area contributed by atoms with Gasteiger partial charge < -0.3 is 14.0 Å². The number of nitrogens with zero attached hydrogens (tertiary/aromatic N) is 1. The van der Waals surface area contributed by atoms with Crippen molar-refractivity contribution in [3.8, 4) is 5.75 Å². The van der Waals surface area contributed by atoms with Crippen LogP contribution in [0.25, 0.3) is 0 Å². The highest BCUT2D eigenvalue weighted by Gasteiger charge is 2.26. The van der Waals surface area contributed by atoms with Crippen LogP contribution in [-0.2, 0) is 24.3 Å². The lowest BCUT2D eigenvalue weighted by molar-refractivity contribution is 0.0580. The first-order valence-electron chi connectivity index (χ1n) is 10.5. The summed E-state index contributed by atoms with van der Waals surface area (Å²) in [5.41, 5.74) is -0.254. The van der Waals surface area contributed by atoms with Gasteiger partial charge in [-0.25, -0.2) is 13.6 Å². The van der Waals surface area contributed by atoms with Crippen molar-refractivity contribution < 1.29 is 27.8 Å². The molecule has 176 valence electrons. The molecule has 0 aliphatic heterocycles. The minimum Gasteiger partial charge on any atom is -0.482 e. The first-order valence-corrected chi connectivity index (χ1v) is 10.5. The Labute approximate surface area is 195 Å². The van der Waals surface area contributed by atoms with E-state index in [1.54, 1.807) is 24.3 Å². The summed E-state index contributed by atoms with van der Waals surface area (Å²) in [6.07, 6.45) is 2.49. The number of rotatable bonds is 10. The lowest BCUT2D eigenvalue weighted by atomic mass is 10.0. The molecule has 6 nitrogen and oxygen atoms in total. The van der Waals surface area contributed by atoms with Gasteiger partial charge in [0, 0.05) is 25.2 Å². The summed E-state index contributed by atoms with van der Waals surface area (Å²) >= 11 is 0. The molecule has 3 rings (SSSR count). The zero-order valence-corrected chi connectivity index (χ0v) is 18.6. The van der Waals surface area contributed by atoms with Gasteiger partial charge in [0.05, 0.1) is 12.7 Å². The lowest BCUT2D eigenvalue weighted by Gasteiger charge is -2.17. The number of carbonyl (C=O) groups excluding carboxylic acids is 2. The Morgan fingerprint density at radius 1 is 1.12 bits per heavy atom. The number of pyridine rings is 1. The number of aryl methyl sites for hydroxylation is 1. The predicted molar refractivity (Wildman–Crippen MR) is 122 cm³/mol. The molecule has 1 heterocycles. The third-order valence-corrected chi connectivity index (χ3v) is 5.11. The van der Waals surface area contributed by atoms with E-state index in [9.17, 15) is 23.2 Å². The molecular formula is C26H23F2NO5. The second-order valence-corrected chi connectivity index (χ2v) is 7.42. The van der Waals surface area contributed by atoms with E-state index in [4.69, 9.17) is 9.47 Å². The Hall–Kier alpha value is -4.07. The summed E-state index contributed by atoms with van der Waals surface area (Å²) in [5, 5.41) is 0. The zero-order valence-electron chi connectivity index (χ0n) is 18.6. The van der Waals surface area contributed by atoms with E-state index >= 15 is 0 Å². The molecule has 0 aliphatic rings. The number of esters is 1. The van der Waals surface area contributed by atoms with Crippen molar-refractivity contribution in [1.29, 1.82) is 0 Å². The van der Waals surface area contributed by atoms with Gasteiger partial charge in [0.25, 0.3) is 0 Å². The minimum absolute atomic E-state index is 0.0212. The maximum atomic E-state index is 14.0. The number of benzene rings is 2. The molecule has 0 bridgehead atoms. The van der Waals surface area contributed by atoms with E-state index < -0.39 is 28.8 Å². The highest BCUT2D eigenvalue weighted by atomic mass is 19.1. The first kappa shape index (κ1) is 24.6. The van der Waals surface area contributed by atoms with E-state index in [0.717, 1.165) is 17.7 Å². The third-order valence-electron chi connectivity index (χ3n) is 5.11. The molecule has 0 fully saturated rings. The van der Waals surface area contributed by atoms with E-state index in [-0.39, 0.29) is 48.6 Å². The number of ketones is 1. The van der Waals surface area contributed by atoms with E-state index in [2.05, 4.69) is 6.58 Å². The molecule has 0 atom stereocenters. The summed E-state index contributed by atoms with van der Waals surface area (Å²) in [4.78, 5) is 38.7. The molecule has 0 N–H and O–H groups in total. The second-order valence-electron chi connectivity index (χ2n) is 7.42. The standard InChI is InChI=1S/C26H23F2NO5/c1-3-13-29-15-20(22(30)12-10-18-9-11-19(27)14-21(18)28)24(31)25(23(29)26(32)33-2)34-16-17-7-5-4-6-8-17/h3-9,11,14-15H,1,10,12-13,16H2,2H3. The summed E-state index contributed by atoms with van der Waals surface area (Å²) in [6.45, 7) is 3.72. The molecule has 3 aromatic rings. The Morgan fingerprint density at radius 2 is 1.85 bits per heavy atom. The summed E-state index contributed by atoms with van der Waals surface area (Å²) in [7, 11) is 1.17. The van der Waals surface area contributed by atoms with Crippen LogP contribution in [0.5, 0.6) is 5.75 Å². The molecule has 34 heavy (non-hydrogen) atoms. The number of allylic oxidation sites excluding steroid dienone is 1. The molecule has 8 heteroatoms. The molecule has 0 aliphatic carbocycles. The molecule has 0 radical (unpaired) electrons. The van der Waals surface area contributed by atoms with Crippen LogP contribution in [0.15, 0.2) is 72.2 Å². The van der Waals surface area contributed by atoms with E-state index in [0.29, 0.717) is 0 Å². The largest absolute Gasteiger partial charge is 0.482 e. The number of aromatic nitrogens is 1. The maximum Gasteiger partial charge on any atom is 0.358 e.